The fraction of sp³-hybridized carbons (Fsp3) is 0.158. The molecule has 0 amide bonds. The van der Waals surface area contributed by atoms with E-state index in [2.05, 4.69) is 4.98 Å². The Morgan fingerprint density at radius 1 is 0.808 bits per heavy atom. The molecule has 0 aliphatic heterocycles. The van der Waals surface area contributed by atoms with Gasteiger partial charge in [0.15, 0.2) is 29.5 Å². The summed E-state index contributed by atoms with van der Waals surface area (Å²) in [4.78, 5) is 4.10. The summed E-state index contributed by atoms with van der Waals surface area (Å²) in [5.41, 5.74) is 1.49. The van der Waals surface area contributed by atoms with Crippen molar-refractivity contribution < 1.29 is 26.5 Å². The number of rotatable bonds is 2. The minimum Gasteiger partial charge on any atom is -0.240 e. The van der Waals surface area contributed by atoms with E-state index in [-0.39, 0.29) is 5.69 Å². The molecule has 134 valence electrons. The molecule has 1 heterocycles. The van der Waals surface area contributed by atoms with E-state index in [1.165, 1.54) is 6.20 Å². The highest BCUT2D eigenvalue weighted by Crippen LogP contribution is 2.31. The third-order valence-corrected chi connectivity index (χ3v) is 4.17. The molecule has 0 saturated carbocycles. The first-order chi connectivity index (χ1) is 12.2. The van der Waals surface area contributed by atoms with E-state index in [4.69, 9.17) is 0 Å². The Kier molecular flexibility index (Phi) is 4.48. The van der Waals surface area contributed by atoms with Crippen LogP contribution >= 0.6 is 0 Å². The van der Waals surface area contributed by atoms with Crippen LogP contribution in [0.1, 0.15) is 11.3 Å². The lowest BCUT2D eigenvalue weighted by atomic mass is 10.0. The molecule has 0 radical (unpaired) electrons. The van der Waals surface area contributed by atoms with Gasteiger partial charge in [-0.3, -0.25) is 0 Å². The Bertz CT molecular complexity index is 979. The predicted molar refractivity (Wildman–Crippen MR) is 85.5 cm³/mol. The van der Waals surface area contributed by atoms with E-state index in [9.17, 15) is 22.0 Å². The minimum atomic E-state index is -2.19. The van der Waals surface area contributed by atoms with Crippen LogP contribution in [0.15, 0.2) is 30.5 Å². The molecule has 3 rings (SSSR count). The summed E-state index contributed by atoms with van der Waals surface area (Å²) < 4.78 is 69.9. The average molecular weight is 365 g/mol. The number of nitrogens with zero attached hydrogens (tertiary/aromatic N) is 2. The number of hydrogen-bond donors (Lipinski definition) is 0. The molecule has 1 aromatic heterocycles. The van der Waals surface area contributed by atoms with Crippen LogP contribution in [-0.2, 0) is 7.05 Å². The zero-order valence-electron chi connectivity index (χ0n) is 14.2. The van der Waals surface area contributed by atoms with E-state index < -0.39 is 34.6 Å². The minimum absolute atomic E-state index is 0.338. The Hall–Kier alpha value is -2.83. The molecule has 0 aliphatic carbocycles. The summed E-state index contributed by atoms with van der Waals surface area (Å²) in [6, 6.07) is 7.45. The number of hydrogen-bond acceptors (Lipinski definition) is 1. The number of benzene rings is 2. The molecule has 0 bridgehead atoms. The summed E-state index contributed by atoms with van der Waals surface area (Å²) >= 11 is 0. The van der Waals surface area contributed by atoms with Crippen LogP contribution in [0, 0.1) is 42.9 Å². The Labute approximate surface area is 146 Å². The van der Waals surface area contributed by atoms with Gasteiger partial charge in [-0.1, -0.05) is 18.2 Å². The monoisotopic (exact) mass is 365 g/mol. The second kappa shape index (κ2) is 6.48. The molecule has 26 heavy (non-hydrogen) atoms. The number of aromatic nitrogens is 2. The molecule has 2 nitrogen and oxygen atoms in total. The molecule has 0 atom stereocenters. The van der Waals surface area contributed by atoms with Gasteiger partial charge >= 0.3 is 0 Å². The maximum atomic E-state index is 14.1. The van der Waals surface area contributed by atoms with Gasteiger partial charge in [0, 0.05) is 0 Å². The van der Waals surface area contributed by atoms with Gasteiger partial charge in [-0.25, -0.2) is 26.9 Å². The lowest BCUT2D eigenvalue weighted by molar-refractivity contribution is -0.660. The Morgan fingerprint density at radius 2 is 1.35 bits per heavy atom. The third-order valence-electron chi connectivity index (χ3n) is 4.17. The van der Waals surface area contributed by atoms with Gasteiger partial charge in [0.1, 0.15) is 18.4 Å². The van der Waals surface area contributed by atoms with E-state index >= 15 is 0 Å². The second-order valence-corrected chi connectivity index (χ2v) is 5.93. The standard InChI is InChI=1S/C19H14F5N2/c1-9-6-4-5-7-11(9)19-10(2)25-12(8-26(19)3)13-14(20)16(22)18(24)17(23)15(13)21/h4-8H,1-3H3/q+1. The maximum absolute atomic E-state index is 14.1. The van der Waals surface area contributed by atoms with Gasteiger partial charge in [-0.05, 0) is 25.5 Å². The molecule has 0 aliphatic rings. The van der Waals surface area contributed by atoms with Crippen molar-refractivity contribution in [1.82, 2.24) is 4.98 Å². The van der Waals surface area contributed by atoms with Crippen molar-refractivity contribution in [3.8, 4) is 22.5 Å². The Balaban J connectivity index is 2.27. The molecule has 0 fully saturated rings. The molecule has 2 aromatic carbocycles. The largest absolute Gasteiger partial charge is 0.240 e. The molecule has 0 spiro atoms. The van der Waals surface area contributed by atoms with Gasteiger partial charge in [0.25, 0.3) is 0 Å². The summed E-state index contributed by atoms with van der Waals surface area (Å²) in [5, 5.41) is 0. The summed E-state index contributed by atoms with van der Waals surface area (Å²) in [7, 11) is 1.62. The van der Waals surface area contributed by atoms with Crippen LogP contribution in [-0.4, -0.2) is 4.98 Å². The van der Waals surface area contributed by atoms with Gasteiger partial charge in [0.05, 0.1) is 11.1 Å². The first kappa shape index (κ1) is 18.0. The average Bonchev–Trinajstić information content (AvgIpc) is 2.59. The van der Waals surface area contributed by atoms with Crippen LogP contribution in [0.3, 0.4) is 0 Å². The molecule has 0 N–H and O–H groups in total. The highest BCUT2D eigenvalue weighted by atomic mass is 19.2. The predicted octanol–water partition coefficient (Wildman–Crippen LogP) is 4.55. The SMILES string of the molecule is Cc1ccccc1-c1c(C)nc(-c2c(F)c(F)c(F)c(F)c2F)c[n+]1C. The van der Waals surface area contributed by atoms with Crippen molar-refractivity contribution in [2.45, 2.75) is 13.8 Å². The summed E-state index contributed by atoms with van der Waals surface area (Å²) in [6.45, 7) is 3.50. The van der Waals surface area contributed by atoms with Crippen molar-refractivity contribution in [2.75, 3.05) is 0 Å². The van der Waals surface area contributed by atoms with Gasteiger partial charge in [-0.2, -0.15) is 4.57 Å². The van der Waals surface area contributed by atoms with E-state index in [0.29, 0.717) is 11.4 Å². The highest BCUT2D eigenvalue weighted by molar-refractivity contribution is 5.65. The fourth-order valence-corrected chi connectivity index (χ4v) is 2.94. The number of aryl methyl sites for hydroxylation is 3. The van der Waals surface area contributed by atoms with Gasteiger partial charge in [-0.15, -0.1) is 0 Å². The quantitative estimate of drug-likeness (QED) is 0.282. The number of halogens is 5. The van der Waals surface area contributed by atoms with Crippen LogP contribution < -0.4 is 4.57 Å². The van der Waals surface area contributed by atoms with Gasteiger partial charge in [0.2, 0.25) is 11.5 Å². The lowest BCUT2D eigenvalue weighted by Gasteiger charge is -2.10. The van der Waals surface area contributed by atoms with Crippen molar-refractivity contribution in [3.05, 3.63) is 70.8 Å². The highest BCUT2D eigenvalue weighted by Gasteiger charge is 2.29. The van der Waals surface area contributed by atoms with E-state index in [1.807, 2.05) is 31.2 Å². The zero-order chi connectivity index (χ0) is 19.2. The van der Waals surface area contributed by atoms with Crippen molar-refractivity contribution in [2.24, 2.45) is 7.05 Å². The van der Waals surface area contributed by atoms with Crippen LogP contribution in [0.4, 0.5) is 22.0 Å². The van der Waals surface area contributed by atoms with Crippen molar-refractivity contribution >= 4 is 0 Å². The summed E-state index contributed by atoms with van der Waals surface area (Å²) in [6.07, 6.45) is 1.24. The van der Waals surface area contributed by atoms with Crippen molar-refractivity contribution in [3.63, 3.8) is 0 Å². The topological polar surface area (TPSA) is 16.8 Å². The second-order valence-electron chi connectivity index (χ2n) is 5.93. The molecular weight excluding hydrogens is 351 g/mol. The zero-order valence-corrected chi connectivity index (χ0v) is 14.2. The van der Waals surface area contributed by atoms with Gasteiger partial charge < -0.3 is 0 Å². The smallest absolute Gasteiger partial charge is 0.233 e. The first-order valence-corrected chi connectivity index (χ1v) is 7.69. The molecule has 3 aromatic rings. The maximum Gasteiger partial charge on any atom is 0.233 e. The van der Waals surface area contributed by atoms with E-state index in [1.54, 1.807) is 18.5 Å². The fourth-order valence-electron chi connectivity index (χ4n) is 2.94. The molecule has 0 unspecified atom stereocenters. The summed E-state index contributed by atoms with van der Waals surface area (Å²) in [5.74, 6) is -10.00. The molecule has 0 saturated heterocycles. The van der Waals surface area contributed by atoms with Crippen LogP contribution in [0.25, 0.3) is 22.5 Å². The van der Waals surface area contributed by atoms with Crippen LogP contribution in [0.5, 0.6) is 0 Å². The molecular formula is C19H14F5N2+. The third kappa shape index (κ3) is 2.73. The van der Waals surface area contributed by atoms with Crippen LogP contribution in [0.2, 0.25) is 0 Å². The molecule has 7 heteroatoms. The Morgan fingerprint density at radius 3 is 1.88 bits per heavy atom. The normalized spacial score (nSPS) is 11.1. The van der Waals surface area contributed by atoms with Crippen molar-refractivity contribution in [1.29, 1.82) is 0 Å². The lowest BCUT2D eigenvalue weighted by Crippen LogP contribution is -2.33. The van der Waals surface area contributed by atoms with E-state index in [0.717, 1.165) is 11.1 Å². The first-order valence-electron chi connectivity index (χ1n) is 7.69.